The van der Waals surface area contributed by atoms with Crippen LogP contribution in [-0.2, 0) is 4.79 Å². The van der Waals surface area contributed by atoms with Crippen LogP contribution in [0.15, 0.2) is 0 Å². The molecule has 3 saturated carbocycles. The fourth-order valence-electron chi connectivity index (χ4n) is 5.66. The van der Waals surface area contributed by atoms with Crippen molar-refractivity contribution in [3.05, 3.63) is 0 Å². The Labute approximate surface area is 99.0 Å². The minimum Gasteiger partial charge on any atom is -0.299 e. The first-order chi connectivity index (χ1) is 7.34. The predicted molar refractivity (Wildman–Crippen MR) is 65.1 cm³/mol. The van der Waals surface area contributed by atoms with Crippen molar-refractivity contribution in [3.63, 3.8) is 0 Å². The average Bonchev–Trinajstić information content (AvgIpc) is 2.57. The van der Waals surface area contributed by atoms with Gasteiger partial charge in [0.05, 0.1) is 0 Å². The third kappa shape index (κ3) is 0.889. The molecule has 5 atom stereocenters. The highest BCUT2D eigenvalue weighted by molar-refractivity contribution is 5.83. The molecule has 3 rings (SSSR count). The maximum atomic E-state index is 12.2. The fraction of sp³-hybridized carbons (Fsp3) is 0.933. The molecule has 3 aliphatic rings. The van der Waals surface area contributed by atoms with Crippen molar-refractivity contribution < 1.29 is 4.79 Å². The van der Waals surface area contributed by atoms with E-state index in [0.29, 0.717) is 33.9 Å². The molecule has 0 heterocycles. The van der Waals surface area contributed by atoms with Gasteiger partial charge in [-0.15, -0.1) is 0 Å². The first kappa shape index (κ1) is 10.8. The zero-order valence-electron chi connectivity index (χ0n) is 11.1. The minimum absolute atomic E-state index is 0.298. The molecule has 1 nitrogen and oxygen atoms in total. The Morgan fingerprint density at radius 2 is 1.88 bits per heavy atom. The first-order valence-electron chi connectivity index (χ1n) is 6.87. The van der Waals surface area contributed by atoms with Gasteiger partial charge in [-0.2, -0.15) is 0 Å². The van der Waals surface area contributed by atoms with Crippen LogP contribution in [0.2, 0.25) is 0 Å². The maximum Gasteiger partial charge on any atom is 0.136 e. The molecule has 0 aromatic heterocycles. The van der Waals surface area contributed by atoms with Gasteiger partial charge in [0, 0.05) is 12.3 Å². The van der Waals surface area contributed by atoms with E-state index in [4.69, 9.17) is 0 Å². The van der Waals surface area contributed by atoms with Crippen LogP contribution < -0.4 is 0 Å². The van der Waals surface area contributed by atoms with Crippen LogP contribution in [0.1, 0.15) is 59.8 Å². The first-order valence-corrected chi connectivity index (χ1v) is 6.87. The van der Waals surface area contributed by atoms with Gasteiger partial charge in [-0.25, -0.2) is 0 Å². The highest BCUT2D eigenvalue weighted by Gasteiger charge is 2.70. The number of hydrogen-bond acceptors (Lipinski definition) is 1. The SMILES string of the molecule is CC1C(=O)CC2(C)CC1C1(C)CCCC21C. The van der Waals surface area contributed by atoms with Gasteiger partial charge in [-0.3, -0.25) is 4.79 Å². The molecule has 0 aromatic rings. The van der Waals surface area contributed by atoms with Gasteiger partial charge < -0.3 is 0 Å². The summed E-state index contributed by atoms with van der Waals surface area (Å²) in [7, 11) is 0. The summed E-state index contributed by atoms with van der Waals surface area (Å²) in [6, 6.07) is 0. The molecule has 0 amide bonds. The second-order valence-corrected chi connectivity index (χ2v) is 7.41. The summed E-state index contributed by atoms with van der Waals surface area (Å²) < 4.78 is 0. The van der Waals surface area contributed by atoms with Crippen LogP contribution in [-0.4, -0.2) is 5.78 Å². The summed E-state index contributed by atoms with van der Waals surface area (Å²) in [5.74, 6) is 1.51. The molecule has 0 spiro atoms. The molecule has 3 aliphatic carbocycles. The second kappa shape index (κ2) is 2.73. The summed E-state index contributed by atoms with van der Waals surface area (Å²) in [4.78, 5) is 12.2. The quantitative estimate of drug-likeness (QED) is 0.606. The van der Waals surface area contributed by atoms with Crippen molar-refractivity contribution in [2.24, 2.45) is 28.1 Å². The van der Waals surface area contributed by atoms with E-state index in [1.165, 1.54) is 25.7 Å². The number of rotatable bonds is 0. The fourth-order valence-corrected chi connectivity index (χ4v) is 5.66. The molecule has 1 heteroatoms. The topological polar surface area (TPSA) is 17.1 Å². The lowest BCUT2D eigenvalue weighted by molar-refractivity contribution is -0.129. The number of carbonyl (C=O) groups is 1. The van der Waals surface area contributed by atoms with Gasteiger partial charge in [0.2, 0.25) is 0 Å². The molecule has 0 aromatic carbocycles. The van der Waals surface area contributed by atoms with E-state index in [-0.39, 0.29) is 0 Å². The van der Waals surface area contributed by atoms with Gasteiger partial charge >= 0.3 is 0 Å². The Bertz CT molecular complexity index is 360. The Morgan fingerprint density at radius 1 is 1.19 bits per heavy atom. The average molecular weight is 220 g/mol. The maximum absolute atomic E-state index is 12.2. The molecule has 3 fully saturated rings. The zero-order valence-corrected chi connectivity index (χ0v) is 11.1. The molecule has 0 N–H and O–H groups in total. The van der Waals surface area contributed by atoms with Crippen LogP contribution in [0.3, 0.4) is 0 Å². The molecule has 5 unspecified atom stereocenters. The molecular formula is C15H24O. The van der Waals surface area contributed by atoms with Crippen LogP contribution >= 0.6 is 0 Å². The van der Waals surface area contributed by atoms with Crippen molar-refractivity contribution in [2.75, 3.05) is 0 Å². The molecule has 0 radical (unpaired) electrons. The van der Waals surface area contributed by atoms with E-state index in [1.807, 2.05) is 0 Å². The number of ketones is 1. The molecule has 90 valence electrons. The lowest BCUT2D eigenvalue weighted by Crippen LogP contribution is -2.39. The highest BCUT2D eigenvalue weighted by atomic mass is 16.1. The van der Waals surface area contributed by atoms with Crippen LogP contribution in [0.25, 0.3) is 0 Å². The molecular weight excluding hydrogens is 196 g/mol. The van der Waals surface area contributed by atoms with E-state index >= 15 is 0 Å². The molecule has 0 aliphatic heterocycles. The van der Waals surface area contributed by atoms with Crippen molar-refractivity contribution >= 4 is 5.78 Å². The van der Waals surface area contributed by atoms with Crippen molar-refractivity contribution in [1.29, 1.82) is 0 Å². The van der Waals surface area contributed by atoms with E-state index in [9.17, 15) is 4.79 Å². The summed E-state index contributed by atoms with van der Waals surface area (Å²) in [5, 5.41) is 0. The lowest BCUT2D eigenvalue weighted by atomic mass is 9.59. The van der Waals surface area contributed by atoms with Gasteiger partial charge in [-0.1, -0.05) is 34.1 Å². The van der Waals surface area contributed by atoms with E-state index in [2.05, 4.69) is 27.7 Å². The summed E-state index contributed by atoms with van der Waals surface area (Å²) >= 11 is 0. The van der Waals surface area contributed by atoms with Crippen molar-refractivity contribution in [3.8, 4) is 0 Å². The van der Waals surface area contributed by atoms with Gasteiger partial charge in [0.25, 0.3) is 0 Å². The summed E-state index contributed by atoms with van der Waals surface area (Å²) in [6.45, 7) is 9.53. The molecule has 2 bridgehead atoms. The van der Waals surface area contributed by atoms with Crippen LogP contribution in [0, 0.1) is 28.1 Å². The summed E-state index contributed by atoms with van der Waals surface area (Å²) in [5.41, 5.74) is 1.16. The third-order valence-corrected chi connectivity index (χ3v) is 7.13. The van der Waals surface area contributed by atoms with E-state index in [1.54, 1.807) is 0 Å². The number of hydrogen-bond donors (Lipinski definition) is 0. The van der Waals surface area contributed by atoms with E-state index in [0.717, 1.165) is 6.42 Å². The summed E-state index contributed by atoms with van der Waals surface area (Å²) in [6.07, 6.45) is 6.21. The third-order valence-electron chi connectivity index (χ3n) is 7.13. The lowest BCUT2D eigenvalue weighted by Gasteiger charge is -2.45. The Balaban J connectivity index is 2.16. The Morgan fingerprint density at radius 3 is 2.56 bits per heavy atom. The standard InChI is InChI=1S/C15H24O/c1-10-11-8-13(2,9-12(10)16)15(4)7-5-6-14(11,15)3/h10-11H,5-9H2,1-4H3. The normalized spacial score (nSPS) is 60.1. The van der Waals surface area contributed by atoms with E-state index < -0.39 is 0 Å². The smallest absolute Gasteiger partial charge is 0.136 e. The van der Waals surface area contributed by atoms with Crippen molar-refractivity contribution in [2.45, 2.75) is 59.8 Å². The van der Waals surface area contributed by atoms with Crippen LogP contribution in [0.4, 0.5) is 0 Å². The van der Waals surface area contributed by atoms with Crippen molar-refractivity contribution in [1.82, 2.24) is 0 Å². The Hall–Kier alpha value is -0.330. The Kier molecular flexibility index (Phi) is 1.85. The molecule has 16 heavy (non-hydrogen) atoms. The number of fused-ring (bicyclic) bond motifs is 5. The second-order valence-electron chi connectivity index (χ2n) is 7.41. The predicted octanol–water partition coefficient (Wildman–Crippen LogP) is 3.82. The number of Topliss-reactive ketones (excluding diaryl/α,β-unsaturated/α-hetero) is 1. The van der Waals surface area contributed by atoms with Gasteiger partial charge in [0.1, 0.15) is 5.78 Å². The van der Waals surface area contributed by atoms with Gasteiger partial charge in [0.15, 0.2) is 0 Å². The van der Waals surface area contributed by atoms with Crippen LogP contribution in [0.5, 0.6) is 0 Å². The minimum atomic E-state index is 0.298. The zero-order chi connectivity index (χ0) is 11.8. The monoisotopic (exact) mass is 220 g/mol. The van der Waals surface area contributed by atoms with Gasteiger partial charge in [-0.05, 0) is 41.4 Å². The number of carbonyl (C=O) groups excluding carboxylic acids is 1. The highest BCUT2D eigenvalue weighted by Crippen LogP contribution is 2.76. The largest absolute Gasteiger partial charge is 0.299 e. The molecule has 0 saturated heterocycles.